The molecule has 2 rings (SSSR count). The monoisotopic (exact) mass is 196 g/mol. The molecule has 0 bridgehead atoms. The number of nitrogens with one attached hydrogen (secondary N) is 2. The second-order valence-corrected chi connectivity index (χ2v) is 4.64. The lowest BCUT2D eigenvalue weighted by Crippen LogP contribution is -2.51. The van der Waals surface area contributed by atoms with Gasteiger partial charge in [-0.15, -0.1) is 0 Å². The van der Waals surface area contributed by atoms with Gasteiger partial charge in [0.15, 0.2) is 0 Å². The van der Waals surface area contributed by atoms with Crippen molar-refractivity contribution in [2.45, 2.75) is 63.6 Å². The molecule has 0 unspecified atom stereocenters. The molecule has 0 aromatic carbocycles. The van der Waals surface area contributed by atoms with E-state index in [9.17, 15) is 4.79 Å². The Balaban J connectivity index is 1.84. The highest BCUT2D eigenvalue weighted by molar-refractivity contribution is 5.73. The largest absolute Gasteiger partial charge is 0.352 e. The summed E-state index contributed by atoms with van der Waals surface area (Å²) in [6.07, 6.45) is 7.58. The first-order valence-electron chi connectivity index (χ1n) is 5.79. The Morgan fingerprint density at radius 1 is 1.07 bits per heavy atom. The van der Waals surface area contributed by atoms with Crippen molar-refractivity contribution >= 4 is 5.91 Å². The van der Waals surface area contributed by atoms with Crippen molar-refractivity contribution in [3.05, 3.63) is 0 Å². The van der Waals surface area contributed by atoms with Gasteiger partial charge >= 0.3 is 0 Å². The molecule has 1 amide bonds. The molecule has 0 heterocycles. The molecule has 2 N–H and O–H groups in total. The molecule has 80 valence electrons. The van der Waals surface area contributed by atoms with Crippen molar-refractivity contribution < 1.29 is 4.79 Å². The lowest BCUT2D eigenvalue weighted by Gasteiger charge is -2.32. The van der Waals surface area contributed by atoms with Gasteiger partial charge in [-0.3, -0.25) is 4.79 Å². The molecule has 2 aliphatic rings. The maximum Gasteiger partial charge on any atom is 0.217 e. The fourth-order valence-corrected chi connectivity index (χ4v) is 2.32. The van der Waals surface area contributed by atoms with Gasteiger partial charge in [-0.1, -0.05) is 12.8 Å². The lowest BCUT2D eigenvalue weighted by molar-refractivity contribution is -0.120. The van der Waals surface area contributed by atoms with Gasteiger partial charge in [0.1, 0.15) is 0 Å². The van der Waals surface area contributed by atoms with Gasteiger partial charge in [0, 0.05) is 25.0 Å². The second-order valence-electron chi connectivity index (χ2n) is 4.64. The van der Waals surface area contributed by atoms with Crippen LogP contribution in [0.5, 0.6) is 0 Å². The van der Waals surface area contributed by atoms with Crippen molar-refractivity contribution in [3.8, 4) is 0 Å². The van der Waals surface area contributed by atoms with E-state index >= 15 is 0 Å². The molecule has 2 atom stereocenters. The van der Waals surface area contributed by atoms with Crippen molar-refractivity contribution in [3.63, 3.8) is 0 Å². The van der Waals surface area contributed by atoms with Crippen LogP contribution in [0.25, 0.3) is 0 Å². The standard InChI is InChI=1S/C11H20N2O/c1-8(14)12-10-4-2-3-5-11(10)13-9-6-7-9/h9-11,13H,2-7H2,1H3,(H,12,14)/t10-,11+/m0/s1. The zero-order chi connectivity index (χ0) is 9.97. The first kappa shape index (κ1) is 9.97. The quantitative estimate of drug-likeness (QED) is 0.712. The van der Waals surface area contributed by atoms with Gasteiger partial charge in [0.05, 0.1) is 0 Å². The Bertz CT molecular complexity index is 213. The molecule has 0 aromatic heterocycles. The highest BCUT2D eigenvalue weighted by Crippen LogP contribution is 2.25. The number of hydrogen-bond acceptors (Lipinski definition) is 2. The average molecular weight is 196 g/mol. The Kier molecular flexibility index (Phi) is 3.06. The first-order chi connectivity index (χ1) is 6.75. The number of rotatable bonds is 3. The number of carbonyl (C=O) groups excluding carboxylic acids is 1. The van der Waals surface area contributed by atoms with Gasteiger partial charge < -0.3 is 10.6 Å². The zero-order valence-corrected chi connectivity index (χ0v) is 8.88. The summed E-state index contributed by atoms with van der Waals surface area (Å²) in [5.41, 5.74) is 0. The normalized spacial score (nSPS) is 32.6. The third kappa shape index (κ3) is 2.71. The molecule has 2 aliphatic carbocycles. The fourth-order valence-electron chi connectivity index (χ4n) is 2.32. The highest BCUT2D eigenvalue weighted by Gasteiger charge is 2.31. The SMILES string of the molecule is CC(=O)N[C@H]1CCCC[C@H]1NC1CC1. The molecule has 0 aliphatic heterocycles. The predicted octanol–water partition coefficient (Wildman–Crippen LogP) is 1.19. The van der Waals surface area contributed by atoms with Gasteiger partial charge in [-0.05, 0) is 25.7 Å². The predicted molar refractivity (Wildman–Crippen MR) is 56.0 cm³/mol. The van der Waals surface area contributed by atoms with E-state index in [0.29, 0.717) is 12.1 Å². The van der Waals surface area contributed by atoms with Crippen LogP contribution in [0.15, 0.2) is 0 Å². The summed E-state index contributed by atoms with van der Waals surface area (Å²) < 4.78 is 0. The topological polar surface area (TPSA) is 41.1 Å². The van der Waals surface area contributed by atoms with Crippen LogP contribution >= 0.6 is 0 Å². The molecule has 0 aromatic rings. The zero-order valence-electron chi connectivity index (χ0n) is 8.88. The van der Waals surface area contributed by atoms with Crippen LogP contribution in [0.4, 0.5) is 0 Å². The van der Waals surface area contributed by atoms with Crippen LogP contribution in [-0.4, -0.2) is 24.0 Å². The molecule has 0 spiro atoms. The molecule has 3 nitrogen and oxygen atoms in total. The van der Waals surface area contributed by atoms with Crippen molar-refractivity contribution in [1.29, 1.82) is 0 Å². The van der Waals surface area contributed by atoms with E-state index in [1.807, 2.05) is 0 Å². The Labute approximate surface area is 85.6 Å². The first-order valence-corrected chi connectivity index (χ1v) is 5.79. The number of hydrogen-bond donors (Lipinski definition) is 2. The van der Waals surface area contributed by atoms with Gasteiger partial charge in [-0.2, -0.15) is 0 Å². The van der Waals surface area contributed by atoms with Crippen molar-refractivity contribution in [2.24, 2.45) is 0 Å². The average Bonchev–Trinajstić information content (AvgIpc) is 2.91. The van der Waals surface area contributed by atoms with Crippen LogP contribution in [0, 0.1) is 0 Å². The maximum absolute atomic E-state index is 11.0. The molecule has 14 heavy (non-hydrogen) atoms. The summed E-state index contributed by atoms with van der Waals surface area (Å²) in [6, 6.07) is 1.65. The molecule has 2 fully saturated rings. The summed E-state index contributed by atoms with van der Waals surface area (Å²) in [5, 5.41) is 6.70. The van der Waals surface area contributed by atoms with E-state index in [2.05, 4.69) is 10.6 Å². The summed E-state index contributed by atoms with van der Waals surface area (Å²) in [4.78, 5) is 11.0. The number of amides is 1. The van der Waals surface area contributed by atoms with E-state index in [-0.39, 0.29) is 5.91 Å². The van der Waals surface area contributed by atoms with E-state index in [1.165, 1.54) is 32.1 Å². The van der Waals surface area contributed by atoms with E-state index in [4.69, 9.17) is 0 Å². The van der Waals surface area contributed by atoms with E-state index in [0.717, 1.165) is 12.5 Å². The summed E-state index contributed by atoms with van der Waals surface area (Å²) in [5.74, 6) is 0.111. The van der Waals surface area contributed by atoms with Gasteiger partial charge in [0.2, 0.25) is 5.91 Å². The van der Waals surface area contributed by atoms with Gasteiger partial charge in [-0.25, -0.2) is 0 Å². The van der Waals surface area contributed by atoms with Gasteiger partial charge in [0.25, 0.3) is 0 Å². The van der Waals surface area contributed by atoms with Crippen LogP contribution in [0.3, 0.4) is 0 Å². The minimum Gasteiger partial charge on any atom is -0.352 e. The molecular weight excluding hydrogens is 176 g/mol. The summed E-state index contributed by atoms with van der Waals surface area (Å²) >= 11 is 0. The van der Waals surface area contributed by atoms with Crippen LogP contribution < -0.4 is 10.6 Å². The molecule has 3 heteroatoms. The highest BCUT2D eigenvalue weighted by atomic mass is 16.1. The second kappa shape index (κ2) is 4.30. The molecule has 2 saturated carbocycles. The Hall–Kier alpha value is -0.570. The molecule has 0 saturated heterocycles. The minimum absolute atomic E-state index is 0.111. The summed E-state index contributed by atoms with van der Waals surface area (Å²) in [7, 11) is 0. The Morgan fingerprint density at radius 2 is 1.71 bits per heavy atom. The molecule has 0 radical (unpaired) electrons. The Morgan fingerprint density at radius 3 is 2.29 bits per heavy atom. The summed E-state index contributed by atoms with van der Waals surface area (Å²) in [6.45, 7) is 1.61. The minimum atomic E-state index is 0.111. The fraction of sp³-hybridized carbons (Fsp3) is 0.909. The third-order valence-corrected chi connectivity index (χ3v) is 3.18. The van der Waals surface area contributed by atoms with E-state index in [1.54, 1.807) is 6.92 Å². The van der Waals surface area contributed by atoms with E-state index < -0.39 is 0 Å². The number of carbonyl (C=O) groups is 1. The maximum atomic E-state index is 11.0. The van der Waals surface area contributed by atoms with Crippen molar-refractivity contribution in [2.75, 3.05) is 0 Å². The molecular formula is C11H20N2O. The lowest BCUT2D eigenvalue weighted by atomic mass is 9.90. The van der Waals surface area contributed by atoms with Crippen LogP contribution in [-0.2, 0) is 4.79 Å². The van der Waals surface area contributed by atoms with Crippen LogP contribution in [0.1, 0.15) is 45.4 Å². The van der Waals surface area contributed by atoms with Crippen LogP contribution in [0.2, 0.25) is 0 Å². The third-order valence-electron chi connectivity index (χ3n) is 3.18. The van der Waals surface area contributed by atoms with Crippen molar-refractivity contribution in [1.82, 2.24) is 10.6 Å². The smallest absolute Gasteiger partial charge is 0.217 e.